The number of ether oxygens (including phenoxy) is 1. The molecule has 0 spiro atoms. The number of anilines is 1. The molecule has 0 amide bonds. The van der Waals surface area contributed by atoms with Crippen LogP contribution in [0.3, 0.4) is 0 Å². The van der Waals surface area contributed by atoms with Crippen molar-refractivity contribution in [3.05, 3.63) is 64.7 Å². The van der Waals surface area contributed by atoms with E-state index in [2.05, 4.69) is 5.32 Å². The molecule has 0 heterocycles. The van der Waals surface area contributed by atoms with Gasteiger partial charge < -0.3 is 15.8 Å². The first-order valence-electron chi connectivity index (χ1n) is 9.39. The van der Waals surface area contributed by atoms with Crippen LogP contribution in [-0.2, 0) is 9.53 Å². The smallest absolute Gasteiger partial charge is 0.323 e. The maximum absolute atomic E-state index is 12.9. The van der Waals surface area contributed by atoms with Crippen LogP contribution in [0.1, 0.15) is 52.1 Å². The van der Waals surface area contributed by atoms with Gasteiger partial charge in [-0.25, -0.2) is 0 Å². The van der Waals surface area contributed by atoms with Crippen LogP contribution in [0.15, 0.2) is 42.5 Å². The van der Waals surface area contributed by atoms with E-state index in [1.54, 1.807) is 42.5 Å². The molecule has 3 N–H and O–H groups in total. The molecule has 1 aliphatic carbocycles. The van der Waals surface area contributed by atoms with Crippen molar-refractivity contribution in [2.24, 2.45) is 11.7 Å². The second-order valence-corrected chi connectivity index (χ2v) is 7.15. The fraction of sp³-hybridized carbons (Fsp3) is 0.318. The minimum Gasteiger partial charge on any atom is -0.464 e. The molecule has 0 saturated carbocycles. The van der Waals surface area contributed by atoms with Crippen LogP contribution >= 0.6 is 0 Å². The van der Waals surface area contributed by atoms with Gasteiger partial charge in [0.25, 0.3) is 0 Å². The molecular formula is C22H24N2O4. The minimum absolute atomic E-state index is 0.0212. The summed E-state index contributed by atoms with van der Waals surface area (Å²) in [5.41, 5.74) is 8.01. The Hall–Kier alpha value is -2.99. The molecule has 0 unspecified atom stereocenters. The minimum atomic E-state index is -0.627. The number of hydrogen-bond acceptors (Lipinski definition) is 6. The number of carbonyl (C=O) groups excluding carboxylic acids is 3. The molecule has 0 aliphatic heterocycles. The van der Waals surface area contributed by atoms with Crippen LogP contribution in [0.25, 0.3) is 0 Å². The number of hydrogen-bond donors (Lipinski definition) is 2. The van der Waals surface area contributed by atoms with E-state index < -0.39 is 12.0 Å². The van der Waals surface area contributed by atoms with E-state index >= 15 is 0 Å². The second kappa shape index (κ2) is 8.35. The van der Waals surface area contributed by atoms with Gasteiger partial charge in [-0.2, -0.15) is 0 Å². The standard InChI is InChI=1S/C22H24N2O4/c1-13(2)19(23)22(27)28-12-6-11-24-17-10-5-9-16-18(17)21(26)15-8-4-3-7-14(15)20(16)25/h3-5,7-10,13,19,24H,6,11-12,23H2,1-2H3/t19-/m1/s1. The molecular weight excluding hydrogens is 356 g/mol. The van der Waals surface area contributed by atoms with E-state index in [1.165, 1.54) is 0 Å². The molecule has 2 aromatic rings. The second-order valence-electron chi connectivity index (χ2n) is 7.15. The van der Waals surface area contributed by atoms with E-state index in [0.29, 0.717) is 40.9 Å². The van der Waals surface area contributed by atoms with Gasteiger partial charge in [0.2, 0.25) is 0 Å². The van der Waals surface area contributed by atoms with E-state index in [9.17, 15) is 14.4 Å². The zero-order chi connectivity index (χ0) is 20.3. The molecule has 3 rings (SSSR count). The number of rotatable bonds is 7. The summed E-state index contributed by atoms with van der Waals surface area (Å²) in [6.07, 6.45) is 0.555. The number of fused-ring (bicyclic) bond motifs is 2. The highest BCUT2D eigenvalue weighted by Crippen LogP contribution is 2.31. The van der Waals surface area contributed by atoms with E-state index in [-0.39, 0.29) is 24.1 Å². The summed E-state index contributed by atoms with van der Waals surface area (Å²) < 4.78 is 5.18. The third-order valence-electron chi connectivity index (χ3n) is 4.82. The summed E-state index contributed by atoms with van der Waals surface area (Å²) in [7, 11) is 0. The first-order valence-corrected chi connectivity index (χ1v) is 9.39. The Kier molecular flexibility index (Phi) is 5.90. The summed E-state index contributed by atoms with van der Waals surface area (Å²) in [6, 6.07) is 11.4. The Labute approximate surface area is 164 Å². The van der Waals surface area contributed by atoms with E-state index in [4.69, 9.17) is 10.5 Å². The van der Waals surface area contributed by atoms with Crippen molar-refractivity contribution in [1.82, 2.24) is 0 Å². The zero-order valence-corrected chi connectivity index (χ0v) is 16.0. The van der Waals surface area contributed by atoms with Gasteiger partial charge in [0, 0.05) is 28.9 Å². The average Bonchev–Trinajstić information content (AvgIpc) is 2.70. The molecule has 28 heavy (non-hydrogen) atoms. The maximum Gasteiger partial charge on any atom is 0.323 e. The van der Waals surface area contributed by atoms with Gasteiger partial charge in [0.1, 0.15) is 6.04 Å². The van der Waals surface area contributed by atoms with Gasteiger partial charge in [-0.1, -0.05) is 50.2 Å². The van der Waals surface area contributed by atoms with Crippen molar-refractivity contribution in [3.8, 4) is 0 Å². The molecule has 2 aromatic carbocycles. The van der Waals surface area contributed by atoms with Gasteiger partial charge in [-0.15, -0.1) is 0 Å². The van der Waals surface area contributed by atoms with Crippen LogP contribution in [0.5, 0.6) is 0 Å². The van der Waals surface area contributed by atoms with Crippen LogP contribution < -0.4 is 11.1 Å². The van der Waals surface area contributed by atoms with Gasteiger partial charge >= 0.3 is 5.97 Å². The number of carbonyl (C=O) groups is 3. The highest BCUT2D eigenvalue weighted by atomic mass is 16.5. The molecule has 0 radical (unpaired) electrons. The molecule has 1 atom stereocenters. The predicted molar refractivity (Wildman–Crippen MR) is 107 cm³/mol. The summed E-state index contributed by atoms with van der Waals surface area (Å²) in [5, 5.41) is 3.18. The van der Waals surface area contributed by atoms with Crippen LogP contribution in [0, 0.1) is 5.92 Å². The first kappa shape index (κ1) is 19.8. The lowest BCUT2D eigenvalue weighted by Gasteiger charge is -2.20. The van der Waals surface area contributed by atoms with Crippen molar-refractivity contribution >= 4 is 23.2 Å². The number of esters is 1. The topological polar surface area (TPSA) is 98.5 Å². The molecule has 6 nitrogen and oxygen atoms in total. The van der Waals surface area contributed by atoms with Crippen LogP contribution in [0.4, 0.5) is 5.69 Å². The van der Waals surface area contributed by atoms with Gasteiger partial charge in [0.05, 0.1) is 12.2 Å². The Morgan fingerprint density at radius 2 is 1.64 bits per heavy atom. The third-order valence-corrected chi connectivity index (χ3v) is 4.82. The summed E-state index contributed by atoms with van der Waals surface area (Å²) in [5.74, 6) is -0.703. The van der Waals surface area contributed by atoms with Crippen molar-refractivity contribution in [2.75, 3.05) is 18.5 Å². The highest BCUT2D eigenvalue weighted by Gasteiger charge is 2.31. The van der Waals surface area contributed by atoms with Crippen LogP contribution in [-0.4, -0.2) is 36.7 Å². The molecule has 0 saturated heterocycles. The number of nitrogens with one attached hydrogen (secondary N) is 1. The van der Waals surface area contributed by atoms with Crippen molar-refractivity contribution in [2.45, 2.75) is 26.3 Å². The fourth-order valence-electron chi connectivity index (χ4n) is 3.13. The molecule has 0 bridgehead atoms. The largest absolute Gasteiger partial charge is 0.464 e. The lowest BCUT2D eigenvalue weighted by molar-refractivity contribution is -0.146. The lowest BCUT2D eigenvalue weighted by Crippen LogP contribution is -2.37. The Morgan fingerprint density at radius 3 is 2.32 bits per heavy atom. The summed E-state index contributed by atoms with van der Waals surface area (Å²) >= 11 is 0. The molecule has 0 fully saturated rings. The predicted octanol–water partition coefficient (Wildman–Crippen LogP) is 2.79. The monoisotopic (exact) mass is 380 g/mol. The van der Waals surface area contributed by atoms with E-state index in [1.807, 2.05) is 13.8 Å². The van der Waals surface area contributed by atoms with Gasteiger partial charge in [-0.05, 0) is 18.4 Å². The normalized spacial score (nSPS) is 13.7. The van der Waals surface area contributed by atoms with Gasteiger partial charge in [0.15, 0.2) is 11.6 Å². The van der Waals surface area contributed by atoms with Gasteiger partial charge in [-0.3, -0.25) is 14.4 Å². The maximum atomic E-state index is 12.9. The Balaban J connectivity index is 1.65. The molecule has 6 heteroatoms. The third kappa shape index (κ3) is 3.82. The Morgan fingerprint density at radius 1 is 1.00 bits per heavy atom. The fourth-order valence-corrected chi connectivity index (χ4v) is 3.13. The van der Waals surface area contributed by atoms with Crippen molar-refractivity contribution < 1.29 is 19.1 Å². The number of benzene rings is 2. The Bertz CT molecular complexity index is 921. The average molecular weight is 380 g/mol. The molecule has 146 valence electrons. The summed E-state index contributed by atoms with van der Waals surface area (Å²) in [4.78, 5) is 37.4. The number of nitrogens with two attached hydrogens (primary N) is 1. The van der Waals surface area contributed by atoms with E-state index in [0.717, 1.165) is 0 Å². The first-order chi connectivity index (χ1) is 13.4. The van der Waals surface area contributed by atoms with Crippen molar-refractivity contribution in [3.63, 3.8) is 0 Å². The van der Waals surface area contributed by atoms with Crippen LogP contribution in [0.2, 0.25) is 0 Å². The summed E-state index contributed by atoms with van der Waals surface area (Å²) in [6.45, 7) is 4.45. The quantitative estimate of drug-likeness (QED) is 0.483. The SMILES string of the molecule is CC(C)[C@@H](N)C(=O)OCCCNc1cccc2c1C(=O)c1ccccc1C2=O. The lowest BCUT2D eigenvalue weighted by atomic mass is 9.83. The van der Waals surface area contributed by atoms with Crippen molar-refractivity contribution in [1.29, 1.82) is 0 Å². The molecule has 0 aromatic heterocycles. The molecule has 1 aliphatic rings. The highest BCUT2D eigenvalue weighted by molar-refractivity contribution is 6.30. The number of ketones is 2. The zero-order valence-electron chi connectivity index (χ0n) is 16.0.